The van der Waals surface area contributed by atoms with Crippen molar-refractivity contribution in [2.75, 3.05) is 0 Å². The number of hydrogen-bond donors (Lipinski definition) is 0. The Balaban J connectivity index is 3.35. The lowest BCUT2D eigenvalue weighted by Crippen LogP contribution is -1.73. The van der Waals surface area contributed by atoms with Crippen LogP contribution in [0.2, 0.25) is 0 Å². The van der Waals surface area contributed by atoms with Crippen LogP contribution in [0.3, 0.4) is 0 Å². The van der Waals surface area contributed by atoms with E-state index < -0.39 is 5.03 Å². The predicted octanol–water partition coefficient (Wildman–Crippen LogP) is 0.0312. The van der Waals surface area contributed by atoms with Crippen molar-refractivity contribution in [1.29, 1.82) is 5.39 Å². The SMILES string of the molecule is N#[N+][N+](=O)[O-]. The first-order chi connectivity index (χ1) is 2.27. The summed E-state index contributed by atoms with van der Waals surface area (Å²) in [6.45, 7) is 0. The molecule has 5 nitrogen and oxygen atoms in total. The minimum Gasteiger partial charge on any atom is -0.288 e. The van der Waals surface area contributed by atoms with Crippen molar-refractivity contribution in [3.63, 3.8) is 0 Å². The molecule has 26 valence electrons. The van der Waals surface area contributed by atoms with E-state index in [9.17, 15) is 0 Å². The molecule has 0 aliphatic rings. The van der Waals surface area contributed by atoms with E-state index in [2.05, 4.69) is 0 Å². The predicted molar refractivity (Wildman–Crippen MR) is 12.1 cm³/mol. The van der Waals surface area contributed by atoms with Crippen molar-refractivity contribution in [2.24, 2.45) is 0 Å². The van der Waals surface area contributed by atoms with Crippen LogP contribution in [0.1, 0.15) is 0 Å². The maximum atomic E-state index is 8.76. The van der Waals surface area contributed by atoms with E-state index >= 15 is 0 Å². The minimum absolute atomic E-state index is 1.19. The lowest BCUT2D eigenvalue weighted by molar-refractivity contribution is -0.413. The summed E-state index contributed by atoms with van der Waals surface area (Å²) in [5.74, 6) is 0. The summed E-state index contributed by atoms with van der Waals surface area (Å²) in [6.07, 6.45) is 0. The van der Waals surface area contributed by atoms with Crippen LogP contribution in [-0.2, 0) is 0 Å². The highest BCUT2D eigenvalue weighted by molar-refractivity contribution is 4.08. The summed E-state index contributed by atoms with van der Waals surface area (Å²) in [6, 6.07) is 0. The molecule has 0 radical (unpaired) electrons. The van der Waals surface area contributed by atoms with Crippen LogP contribution in [0.15, 0.2) is 0 Å². The van der Waals surface area contributed by atoms with Gasteiger partial charge in [-0.3, -0.25) is 10.1 Å². The Morgan fingerprint density at radius 2 is 2.20 bits per heavy atom. The molecule has 0 unspecified atom stereocenters. The Morgan fingerprint density at radius 1 is 2.00 bits per heavy atom. The first-order valence-corrected chi connectivity index (χ1v) is 0.765. The third kappa shape index (κ3) is 2.82. The van der Waals surface area contributed by atoms with Crippen molar-refractivity contribution in [3.8, 4) is 0 Å². The van der Waals surface area contributed by atoms with Gasteiger partial charge >= 0.3 is 15.5 Å². The molecule has 0 spiro atoms. The maximum absolute atomic E-state index is 8.76. The van der Waals surface area contributed by atoms with Crippen LogP contribution in [0.5, 0.6) is 0 Å². The second-order valence-electron chi connectivity index (χ2n) is 0.327. The Kier molecular flexibility index (Phi) is 0.897. The average molecular weight is 74.0 g/mol. The summed E-state index contributed by atoms with van der Waals surface area (Å²) < 4.78 is 0. The molecule has 0 saturated heterocycles. The lowest BCUT2D eigenvalue weighted by Gasteiger charge is -1.45. The van der Waals surface area contributed by atoms with Crippen LogP contribution in [0.4, 0.5) is 0 Å². The van der Waals surface area contributed by atoms with Crippen molar-refractivity contribution < 1.29 is 5.03 Å². The highest BCUT2D eigenvalue weighted by Crippen LogP contribution is 1.57. The zero-order valence-electron chi connectivity index (χ0n) is 2.16. The zero-order chi connectivity index (χ0) is 4.28. The van der Waals surface area contributed by atoms with Crippen LogP contribution in [0, 0.1) is 15.5 Å². The highest BCUT2D eigenvalue weighted by atomic mass is 16.7. The highest BCUT2D eigenvalue weighted by Gasteiger charge is 1.95. The molecule has 0 aromatic carbocycles. The standard InChI is InChI=1S/N3O2/c1-2-3(4)5/q+1. The summed E-state index contributed by atoms with van der Waals surface area (Å²) in [4.78, 5) is 8.76. The molecule has 0 aliphatic heterocycles. The first kappa shape index (κ1) is 3.82. The zero-order valence-corrected chi connectivity index (χ0v) is 2.16. The molecule has 0 aromatic heterocycles. The monoisotopic (exact) mass is 74.0 g/mol. The van der Waals surface area contributed by atoms with E-state index in [1.165, 1.54) is 0 Å². The van der Waals surface area contributed by atoms with E-state index in [1.807, 2.05) is 0 Å². The maximum Gasteiger partial charge on any atom is 0.618 e. The summed E-state index contributed by atoms with van der Waals surface area (Å²) in [7, 11) is 0. The average Bonchev–Trinajstić information content (AvgIpc) is 1.38. The van der Waals surface area contributed by atoms with E-state index in [1.54, 1.807) is 5.08 Å². The van der Waals surface area contributed by atoms with Crippen LogP contribution in [-0.4, -0.2) is 5.03 Å². The lowest BCUT2D eigenvalue weighted by atomic mass is 12.7. The molecule has 0 N–H and O–H groups in total. The largest absolute Gasteiger partial charge is 0.618 e. The van der Waals surface area contributed by atoms with Crippen molar-refractivity contribution >= 4 is 0 Å². The topological polar surface area (TPSA) is 71.3 Å². The van der Waals surface area contributed by atoms with Gasteiger partial charge < -0.3 is 0 Å². The fourth-order valence-electron chi connectivity index (χ4n) is 0. The molecule has 0 fully saturated rings. The van der Waals surface area contributed by atoms with Crippen molar-refractivity contribution in [1.82, 2.24) is 0 Å². The van der Waals surface area contributed by atoms with Crippen molar-refractivity contribution in [3.05, 3.63) is 15.2 Å². The number of diazo groups is 1. The Labute approximate surface area is 27.0 Å². The van der Waals surface area contributed by atoms with Gasteiger partial charge in [-0.25, -0.2) is 0 Å². The Hall–Kier alpha value is -1.18. The molecule has 0 bridgehead atoms. The first-order valence-electron chi connectivity index (χ1n) is 0.765. The van der Waals surface area contributed by atoms with Gasteiger partial charge in [-0.15, -0.1) is 0 Å². The van der Waals surface area contributed by atoms with E-state index in [0.29, 0.717) is 0 Å². The third-order valence-corrected chi connectivity index (χ3v) is 0.0730. The molecule has 0 rings (SSSR count). The molecule has 0 amide bonds. The molecule has 0 aliphatic carbocycles. The van der Waals surface area contributed by atoms with Crippen LogP contribution < -0.4 is 0 Å². The molecular formula is N3O2+. The fourth-order valence-corrected chi connectivity index (χ4v) is 0. The van der Waals surface area contributed by atoms with Gasteiger partial charge in [0.1, 0.15) is 0 Å². The van der Waals surface area contributed by atoms with Gasteiger partial charge in [0.15, 0.2) is 0 Å². The summed E-state index contributed by atoms with van der Waals surface area (Å²) in [5.41, 5.74) is 0. The second kappa shape index (κ2) is 1.17. The quantitative estimate of drug-likeness (QED) is 0.231. The van der Waals surface area contributed by atoms with E-state index in [4.69, 9.17) is 15.5 Å². The smallest absolute Gasteiger partial charge is 0.288 e. The number of nitrogens with zero attached hydrogens (tertiary/aromatic N) is 3. The number of nitro groups is 1. The second-order valence-corrected chi connectivity index (χ2v) is 0.327. The summed E-state index contributed by atoms with van der Waals surface area (Å²) >= 11 is 0. The fraction of sp³-hybridized carbons (Fsp3) is 0. The van der Waals surface area contributed by atoms with Gasteiger partial charge in [0.25, 0.3) is 0 Å². The number of rotatable bonds is 0. The van der Waals surface area contributed by atoms with Crippen LogP contribution in [0.25, 0.3) is 5.08 Å². The molecule has 0 atom stereocenters. The molecule has 5 heteroatoms. The van der Waals surface area contributed by atoms with Gasteiger partial charge in [-0.1, -0.05) is 0 Å². The minimum atomic E-state index is -1.19. The number of hydrogen-bond acceptors (Lipinski definition) is 3. The third-order valence-electron chi connectivity index (χ3n) is 0.0730. The van der Waals surface area contributed by atoms with E-state index in [-0.39, 0.29) is 0 Å². The van der Waals surface area contributed by atoms with E-state index in [0.717, 1.165) is 0 Å². The van der Waals surface area contributed by atoms with Crippen LogP contribution >= 0.6 is 0 Å². The molecule has 5 heavy (non-hydrogen) atoms. The van der Waals surface area contributed by atoms with Gasteiger partial charge in [0.2, 0.25) is 0 Å². The Morgan fingerprint density at radius 3 is 2.20 bits per heavy atom. The molecule has 0 aromatic rings. The Bertz CT molecular complexity index is 77.4. The molecule has 0 saturated carbocycles. The normalized spacial score (nSPS) is 5.40. The van der Waals surface area contributed by atoms with Gasteiger partial charge in [-0.2, -0.15) is 0 Å². The summed E-state index contributed by atoms with van der Waals surface area (Å²) in [5, 5.41) is 16.2. The van der Waals surface area contributed by atoms with Gasteiger partial charge in [0, 0.05) is 0 Å². The molecular weight excluding hydrogens is 74.0 g/mol. The molecule has 0 heterocycles. The van der Waals surface area contributed by atoms with Gasteiger partial charge in [-0.05, 0) is 0 Å². The van der Waals surface area contributed by atoms with Gasteiger partial charge in [0.05, 0.1) is 0 Å². The van der Waals surface area contributed by atoms with Crippen molar-refractivity contribution in [2.45, 2.75) is 0 Å².